The number of benzene rings is 5. The molecule has 2 aliphatic heterocycles. The fourth-order valence-electron chi connectivity index (χ4n) is 6.92. The summed E-state index contributed by atoms with van der Waals surface area (Å²) in [6.45, 7) is 1.80. The lowest BCUT2D eigenvalue weighted by Crippen LogP contribution is -2.40. The Morgan fingerprint density at radius 2 is 1.26 bits per heavy atom. The van der Waals surface area contributed by atoms with Crippen LogP contribution in [0, 0.1) is 18.6 Å². The Kier molecular flexibility index (Phi) is 5.05. The van der Waals surface area contributed by atoms with E-state index in [9.17, 15) is 4.79 Å². The van der Waals surface area contributed by atoms with Gasteiger partial charge < -0.3 is 14.2 Å². The van der Waals surface area contributed by atoms with Gasteiger partial charge in [0.2, 0.25) is 0 Å². The summed E-state index contributed by atoms with van der Waals surface area (Å²) in [6, 6.07) is 30.6. The van der Waals surface area contributed by atoms with Gasteiger partial charge in [-0.1, -0.05) is 36.4 Å². The fourth-order valence-corrected chi connectivity index (χ4v) is 6.92. The highest BCUT2D eigenvalue weighted by molar-refractivity contribution is 5.94. The van der Waals surface area contributed by atoms with Crippen LogP contribution < -0.4 is 15.1 Å². The van der Waals surface area contributed by atoms with Crippen molar-refractivity contribution in [3.8, 4) is 11.5 Å². The van der Waals surface area contributed by atoms with Crippen LogP contribution in [0.3, 0.4) is 0 Å². The zero-order chi connectivity index (χ0) is 28.7. The molecule has 0 unspecified atom stereocenters. The molecule has 8 rings (SSSR count). The number of rotatable bonds is 1. The van der Waals surface area contributed by atoms with Crippen LogP contribution in [0.2, 0.25) is 0 Å². The molecule has 0 saturated heterocycles. The van der Waals surface area contributed by atoms with E-state index in [2.05, 4.69) is 0 Å². The van der Waals surface area contributed by atoms with Crippen molar-refractivity contribution >= 4 is 28.0 Å². The molecule has 0 bridgehead atoms. The molecule has 1 spiro atoms. The number of hydrogen-bond donors (Lipinski definition) is 0. The highest BCUT2D eigenvalue weighted by Gasteiger charge is 2.51. The molecule has 3 heterocycles. The number of pyridine rings is 1. The molecular formula is C36H24F2N2O2. The molecule has 4 nitrogen and oxygen atoms in total. The van der Waals surface area contributed by atoms with Crippen molar-refractivity contribution in [2.24, 2.45) is 7.05 Å². The Hall–Kier alpha value is -5.23. The van der Waals surface area contributed by atoms with Gasteiger partial charge in [0.15, 0.2) is 5.43 Å². The van der Waals surface area contributed by atoms with E-state index in [1.807, 2.05) is 89.4 Å². The second kappa shape index (κ2) is 8.63. The fraction of sp³-hybridized carbons (Fsp3) is 0.0833. The number of fused-ring (bicyclic) bond motifs is 9. The Bertz CT molecular complexity index is 2070. The average Bonchev–Trinajstić information content (AvgIpc) is 3.00. The van der Waals surface area contributed by atoms with Crippen molar-refractivity contribution < 1.29 is 13.5 Å². The number of anilines is 3. The predicted molar refractivity (Wildman–Crippen MR) is 160 cm³/mol. The number of para-hydroxylation sites is 2. The van der Waals surface area contributed by atoms with Crippen LogP contribution in [0.1, 0.15) is 27.8 Å². The van der Waals surface area contributed by atoms with Gasteiger partial charge in [0.25, 0.3) is 0 Å². The molecule has 0 aliphatic carbocycles. The van der Waals surface area contributed by atoms with E-state index in [0.717, 1.165) is 33.7 Å². The summed E-state index contributed by atoms with van der Waals surface area (Å²) in [4.78, 5) is 15.3. The summed E-state index contributed by atoms with van der Waals surface area (Å²) in [5.41, 5.74) is 5.39. The monoisotopic (exact) mass is 554 g/mol. The molecule has 0 fully saturated rings. The first-order valence-electron chi connectivity index (χ1n) is 13.7. The highest BCUT2D eigenvalue weighted by atomic mass is 19.1. The third-order valence-corrected chi connectivity index (χ3v) is 8.62. The largest absolute Gasteiger partial charge is 0.457 e. The second-order valence-electron chi connectivity index (χ2n) is 11.0. The third kappa shape index (κ3) is 3.17. The predicted octanol–water partition coefficient (Wildman–Crippen LogP) is 8.40. The van der Waals surface area contributed by atoms with E-state index in [4.69, 9.17) is 4.74 Å². The third-order valence-electron chi connectivity index (χ3n) is 8.62. The summed E-state index contributed by atoms with van der Waals surface area (Å²) in [5, 5.41) is 0.573. The number of aromatic nitrogens is 1. The van der Waals surface area contributed by atoms with Gasteiger partial charge in [-0.05, 0) is 84.8 Å². The first-order valence-corrected chi connectivity index (χ1v) is 13.7. The first-order chi connectivity index (χ1) is 20.4. The van der Waals surface area contributed by atoms with E-state index in [1.165, 1.54) is 12.1 Å². The quantitative estimate of drug-likeness (QED) is 0.204. The lowest BCUT2D eigenvalue weighted by Gasteiger charge is -2.48. The Morgan fingerprint density at radius 3 is 1.86 bits per heavy atom. The van der Waals surface area contributed by atoms with Crippen molar-refractivity contribution in [2.45, 2.75) is 12.3 Å². The maximum absolute atomic E-state index is 15.4. The molecule has 0 amide bonds. The van der Waals surface area contributed by atoms with Crippen molar-refractivity contribution in [3.63, 3.8) is 0 Å². The molecule has 0 atom stereocenters. The molecule has 0 N–H and O–H groups in total. The van der Waals surface area contributed by atoms with Crippen molar-refractivity contribution in [3.05, 3.63) is 159 Å². The minimum Gasteiger partial charge on any atom is -0.457 e. The van der Waals surface area contributed by atoms with E-state index in [-0.39, 0.29) is 5.43 Å². The topological polar surface area (TPSA) is 34.5 Å². The summed E-state index contributed by atoms with van der Waals surface area (Å²) >= 11 is 0. The summed E-state index contributed by atoms with van der Waals surface area (Å²) in [5.74, 6) is 0.439. The summed E-state index contributed by atoms with van der Waals surface area (Å²) < 4.78 is 39.0. The summed E-state index contributed by atoms with van der Waals surface area (Å²) in [6.07, 6.45) is 1.82. The van der Waals surface area contributed by atoms with Crippen LogP contribution in [0.4, 0.5) is 25.8 Å². The first kappa shape index (κ1) is 24.6. The van der Waals surface area contributed by atoms with Gasteiger partial charge in [-0.2, -0.15) is 0 Å². The van der Waals surface area contributed by atoms with Crippen LogP contribution in [0.5, 0.6) is 11.5 Å². The minimum atomic E-state index is -1.07. The van der Waals surface area contributed by atoms with Crippen molar-refractivity contribution in [1.82, 2.24) is 4.57 Å². The van der Waals surface area contributed by atoms with Crippen LogP contribution >= 0.6 is 0 Å². The van der Waals surface area contributed by atoms with Gasteiger partial charge in [-0.25, -0.2) is 8.78 Å². The average molecular weight is 555 g/mol. The molecule has 1 aromatic heterocycles. The van der Waals surface area contributed by atoms with E-state index in [0.29, 0.717) is 33.6 Å². The van der Waals surface area contributed by atoms with Gasteiger partial charge >= 0.3 is 0 Å². The zero-order valence-electron chi connectivity index (χ0n) is 22.9. The normalized spacial score (nSPS) is 14.1. The van der Waals surface area contributed by atoms with Gasteiger partial charge in [-0.15, -0.1) is 0 Å². The van der Waals surface area contributed by atoms with Crippen LogP contribution in [0.25, 0.3) is 10.9 Å². The van der Waals surface area contributed by atoms with E-state index in [1.54, 1.807) is 31.2 Å². The van der Waals surface area contributed by atoms with Gasteiger partial charge in [-0.3, -0.25) is 4.79 Å². The Labute approximate surface area is 240 Å². The van der Waals surface area contributed by atoms with Crippen molar-refractivity contribution in [1.29, 1.82) is 0 Å². The maximum Gasteiger partial charge on any atom is 0.192 e. The lowest BCUT2D eigenvalue weighted by molar-refractivity contribution is 0.433. The molecule has 2 aliphatic rings. The van der Waals surface area contributed by atoms with Crippen molar-refractivity contribution in [2.75, 3.05) is 4.90 Å². The molecule has 42 heavy (non-hydrogen) atoms. The molecular weight excluding hydrogens is 530 g/mol. The highest BCUT2D eigenvalue weighted by Crippen LogP contribution is 2.62. The lowest BCUT2D eigenvalue weighted by atomic mass is 9.61. The van der Waals surface area contributed by atoms with E-state index >= 15 is 8.78 Å². The van der Waals surface area contributed by atoms with Gasteiger partial charge in [0.1, 0.15) is 23.1 Å². The number of halogens is 2. The molecule has 6 heteroatoms. The second-order valence-corrected chi connectivity index (χ2v) is 11.0. The summed E-state index contributed by atoms with van der Waals surface area (Å²) in [7, 11) is 1.91. The van der Waals surface area contributed by atoms with Gasteiger partial charge in [0, 0.05) is 41.0 Å². The number of hydrogen-bond acceptors (Lipinski definition) is 3. The SMILES string of the molecule is Cc1cn(C)c2ccc(N3c4ccc(F)cc4C4(c5ccccc5Oc5ccccc54)c4cc(F)ccc43)cc2c1=O. The Balaban J connectivity index is 1.53. The smallest absolute Gasteiger partial charge is 0.192 e. The molecule has 6 aromatic rings. The Morgan fingerprint density at radius 1 is 0.690 bits per heavy atom. The number of nitrogens with zero attached hydrogens (tertiary/aromatic N) is 2. The molecule has 204 valence electrons. The standard InChI is InChI=1S/C36H24F2N2O2/c1-21-20-39(2)30-16-13-24(19-25(30)35(21)41)40-31-14-11-22(37)17-28(31)36(29-18-23(38)12-15-32(29)40)26-7-3-5-9-33(26)42-34-10-6-4-8-27(34)36/h3-20H,1-2H3. The van der Waals surface area contributed by atoms with Crippen LogP contribution in [-0.4, -0.2) is 4.57 Å². The zero-order valence-corrected chi connectivity index (χ0v) is 22.9. The maximum atomic E-state index is 15.4. The van der Waals surface area contributed by atoms with Gasteiger partial charge in [0.05, 0.1) is 22.3 Å². The molecule has 0 saturated carbocycles. The van der Waals surface area contributed by atoms with Crippen LogP contribution in [0.15, 0.2) is 114 Å². The number of ether oxygens (including phenoxy) is 1. The van der Waals surface area contributed by atoms with Crippen LogP contribution in [-0.2, 0) is 12.5 Å². The number of aryl methyl sites for hydroxylation is 2. The van der Waals surface area contributed by atoms with E-state index < -0.39 is 17.0 Å². The molecule has 5 aromatic carbocycles. The minimum absolute atomic E-state index is 0.0515. The molecule has 0 radical (unpaired) electrons.